The van der Waals surface area contributed by atoms with E-state index in [1.54, 1.807) is 17.5 Å². The molecule has 0 aliphatic carbocycles. The van der Waals surface area contributed by atoms with Crippen LogP contribution in [0.1, 0.15) is 19.8 Å². The van der Waals surface area contributed by atoms with Crippen molar-refractivity contribution in [1.82, 2.24) is 9.21 Å². The van der Waals surface area contributed by atoms with E-state index in [1.165, 1.54) is 22.7 Å². The Kier molecular flexibility index (Phi) is 5.79. The van der Waals surface area contributed by atoms with E-state index >= 15 is 0 Å². The SMILES string of the molecule is CC1CCN(C[C@@H](O)CN(C)S(=O)(=O)c2cccs2)CC1. The highest BCUT2D eigenvalue weighted by Gasteiger charge is 2.25. The number of hydrogen-bond donors (Lipinski definition) is 1. The average molecular weight is 332 g/mol. The molecule has 0 radical (unpaired) electrons. The second-order valence-corrected chi connectivity index (χ2v) is 9.07. The number of likely N-dealkylation sites (N-methyl/N-ethyl adjacent to an activating group) is 1. The van der Waals surface area contributed by atoms with Gasteiger partial charge in [-0.05, 0) is 43.3 Å². The lowest BCUT2D eigenvalue weighted by molar-refractivity contribution is 0.0813. The highest BCUT2D eigenvalue weighted by molar-refractivity contribution is 7.91. The molecule has 1 atom stereocenters. The van der Waals surface area contributed by atoms with Gasteiger partial charge >= 0.3 is 0 Å². The van der Waals surface area contributed by atoms with Gasteiger partial charge in [-0.3, -0.25) is 0 Å². The molecule has 2 rings (SSSR count). The summed E-state index contributed by atoms with van der Waals surface area (Å²) in [5.74, 6) is 0.750. The number of aliphatic hydroxyl groups excluding tert-OH is 1. The summed E-state index contributed by atoms with van der Waals surface area (Å²) < 4.78 is 26.1. The zero-order chi connectivity index (χ0) is 15.5. The van der Waals surface area contributed by atoms with Crippen LogP contribution in [0.25, 0.3) is 0 Å². The van der Waals surface area contributed by atoms with E-state index < -0.39 is 16.1 Å². The summed E-state index contributed by atoms with van der Waals surface area (Å²) in [6.45, 7) is 4.89. The second kappa shape index (κ2) is 7.19. The number of sulfonamides is 1. The molecule has 0 aromatic carbocycles. The molecule has 7 heteroatoms. The maximum atomic E-state index is 12.3. The number of thiophene rings is 1. The summed E-state index contributed by atoms with van der Waals surface area (Å²) in [7, 11) is -1.94. The summed E-state index contributed by atoms with van der Waals surface area (Å²) in [6.07, 6.45) is 1.64. The van der Waals surface area contributed by atoms with Gasteiger partial charge in [-0.2, -0.15) is 4.31 Å². The van der Waals surface area contributed by atoms with Crippen LogP contribution in [-0.2, 0) is 10.0 Å². The summed E-state index contributed by atoms with van der Waals surface area (Å²) in [6, 6.07) is 3.31. The van der Waals surface area contributed by atoms with Crippen molar-refractivity contribution in [2.24, 2.45) is 5.92 Å². The molecule has 0 saturated carbocycles. The maximum absolute atomic E-state index is 12.3. The minimum atomic E-state index is -3.47. The fourth-order valence-electron chi connectivity index (χ4n) is 2.56. The number of β-amino-alcohol motifs (C(OH)–C–C–N with tert-alkyl or cyclic N) is 1. The molecule has 1 N–H and O–H groups in total. The Balaban J connectivity index is 1.86. The van der Waals surface area contributed by atoms with Crippen LogP contribution in [0.2, 0.25) is 0 Å². The van der Waals surface area contributed by atoms with E-state index in [-0.39, 0.29) is 6.54 Å². The van der Waals surface area contributed by atoms with Gasteiger partial charge in [0, 0.05) is 20.1 Å². The van der Waals surface area contributed by atoms with Crippen molar-refractivity contribution in [1.29, 1.82) is 0 Å². The van der Waals surface area contributed by atoms with Crippen LogP contribution in [0.15, 0.2) is 21.7 Å². The standard InChI is InChI=1S/C14H24N2O3S2/c1-12-5-7-16(8-6-12)11-13(17)10-15(2)21(18,19)14-4-3-9-20-14/h3-4,9,12-13,17H,5-8,10-11H2,1-2H3/t13-/m0/s1. The van der Waals surface area contributed by atoms with Crippen molar-refractivity contribution in [3.05, 3.63) is 17.5 Å². The topological polar surface area (TPSA) is 60.9 Å². The van der Waals surface area contributed by atoms with Crippen LogP contribution < -0.4 is 0 Å². The maximum Gasteiger partial charge on any atom is 0.252 e. The van der Waals surface area contributed by atoms with E-state index in [0.29, 0.717) is 10.8 Å². The monoisotopic (exact) mass is 332 g/mol. The molecular weight excluding hydrogens is 308 g/mol. The first kappa shape index (κ1) is 16.9. The number of hydrogen-bond acceptors (Lipinski definition) is 5. The Morgan fingerprint density at radius 3 is 2.71 bits per heavy atom. The lowest BCUT2D eigenvalue weighted by atomic mass is 9.99. The van der Waals surface area contributed by atoms with E-state index in [0.717, 1.165) is 31.8 Å². The molecule has 1 aromatic rings. The fraction of sp³-hybridized carbons (Fsp3) is 0.714. The van der Waals surface area contributed by atoms with Crippen LogP contribution in [0, 0.1) is 5.92 Å². The lowest BCUT2D eigenvalue weighted by Crippen LogP contribution is -2.43. The molecule has 0 spiro atoms. The van der Waals surface area contributed by atoms with Gasteiger partial charge in [0.25, 0.3) is 10.0 Å². The molecule has 0 unspecified atom stereocenters. The molecule has 0 amide bonds. The molecule has 1 saturated heterocycles. The third kappa shape index (κ3) is 4.50. The zero-order valence-corrected chi connectivity index (χ0v) is 14.2. The molecule has 5 nitrogen and oxygen atoms in total. The predicted molar refractivity (Wildman–Crippen MR) is 85.0 cm³/mol. The molecule has 120 valence electrons. The number of aliphatic hydroxyl groups is 1. The molecule has 1 aliphatic heterocycles. The summed E-state index contributed by atoms with van der Waals surface area (Å²) in [4.78, 5) is 2.22. The molecule has 21 heavy (non-hydrogen) atoms. The first-order valence-electron chi connectivity index (χ1n) is 7.30. The van der Waals surface area contributed by atoms with Crippen molar-refractivity contribution in [2.75, 3.05) is 33.2 Å². The van der Waals surface area contributed by atoms with Crippen LogP contribution >= 0.6 is 11.3 Å². The molecule has 1 fully saturated rings. The summed E-state index contributed by atoms with van der Waals surface area (Å²) >= 11 is 1.20. The predicted octanol–water partition coefficient (Wildman–Crippen LogP) is 1.46. The van der Waals surface area contributed by atoms with Crippen molar-refractivity contribution < 1.29 is 13.5 Å². The fourth-order valence-corrected chi connectivity index (χ4v) is 4.97. The Morgan fingerprint density at radius 1 is 1.48 bits per heavy atom. The Bertz CT molecular complexity index is 522. The van der Waals surface area contributed by atoms with Gasteiger partial charge in [0.15, 0.2) is 0 Å². The number of piperidine rings is 1. The number of nitrogens with zero attached hydrogens (tertiary/aromatic N) is 2. The molecule has 1 aliphatic rings. The van der Waals surface area contributed by atoms with Gasteiger partial charge in [0.05, 0.1) is 6.10 Å². The first-order valence-corrected chi connectivity index (χ1v) is 9.62. The average Bonchev–Trinajstić information content (AvgIpc) is 2.96. The van der Waals surface area contributed by atoms with E-state index in [1.807, 2.05) is 0 Å². The smallest absolute Gasteiger partial charge is 0.252 e. The van der Waals surface area contributed by atoms with Gasteiger partial charge in [0.2, 0.25) is 0 Å². The number of likely N-dealkylation sites (tertiary alicyclic amines) is 1. The Morgan fingerprint density at radius 2 is 2.14 bits per heavy atom. The van der Waals surface area contributed by atoms with E-state index in [4.69, 9.17) is 0 Å². The summed E-state index contributed by atoms with van der Waals surface area (Å²) in [5, 5.41) is 11.9. The van der Waals surface area contributed by atoms with Crippen molar-refractivity contribution >= 4 is 21.4 Å². The number of rotatable bonds is 6. The Labute approximate surface area is 131 Å². The normalized spacial score (nSPS) is 20.0. The van der Waals surface area contributed by atoms with Gasteiger partial charge in [-0.15, -0.1) is 11.3 Å². The third-order valence-corrected chi connectivity index (χ3v) is 7.17. The van der Waals surface area contributed by atoms with Crippen LogP contribution in [0.3, 0.4) is 0 Å². The highest BCUT2D eigenvalue weighted by atomic mass is 32.2. The van der Waals surface area contributed by atoms with Crippen molar-refractivity contribution in [2.45, 2.75) is 30.1 Å². The largest absolute Gasteiger partial charge is 0.390 e. The molecular formula is C14H24N2O3S2. The van der Waals surface area contributed by atoms with E-state index in [2.05, 4.69) is 11.8 Å². The highest BCUT2D eigenvalue weighted by Crippen LogP contribution is 2.20. The van der Waals surface area contributed by atoms with Gasteiger partial charge in [-0.25, -0.2) is 8.42 Å². The van der Waals surface area contributed by atoms with Gasteiger partial charge in [0.1, 0.15) is 4.21 Å². The second-order valence-electron chi connectivity index (χ2n) is 5.85. The summed E-state index contributed by atoms with van der Waals surface area (Å²) in [5.41, 5.74) is 0. The minimum Gasteiger partial charge on any atom is -0.390 e. The van der Waals surface area contributed by atoms with Crippen LogP contribution in [0.5, 0.6) is 0 Å². The quantitative estimate of drug-likeness (QED) is 0.857. The minimum absolute atomic E-state index is 0.131. The van der Waals surface area contributed by atoms with E-state index in [9.17, 15) is 13.5 Å². The molecule has 0 bridgehead atoms. The van der Waals surface area contributed by atoms with Crippen molar-refractivity contribution in [3.8, 4) is 0 Å². The zero-order valence-electron chi connectivity index (χ0n) is 12.6. The Hall–Kier alpha value is -0.470. The van der Waals surface area contributed by atoms with Crippen molar-refractivity contribution in [3.63, 3.8) is 0 Å². The lowest BCUT2D eigenvalue weighted by Gasteiger charge is -2.32. The first-order chi connectivity index (χ1) is 9.89. The van der Waals surface area contributed by atoms with Gasteiger partial charge in [-0.1, -0.05) is 13.0 Å². The molecule has 1 aromatic heterocycles. The third-order valence-electron chi connectivity index (χ3n) is 3.97. The van der Waals surface area contributed by atoms with Gasteiger partial charge < -0.3 is 10.0 Å². The van der Waals surface area contributed by atoms with Crippen LogP contribution in [-0.4, -0.2) is 62.1 Å². The molecule has 2 heterocycles. The van der Waals surface area contributed by atoms with Crippen LogP contribution in [0.4, 0.5) is 0 Å².